The lowest BCUT2D eigenvalue weighted by Gasteiger charge is -2.27. The topological polar surface area (TPSA) is 52.5 Å². The molecule has 1 saturated heterocycles. The lowest BCUT2D eigenvalue weighted by Crippen LogP contribution is -2.39. The highest BCUT2D eigenvalue weighted by Gasteiger charge is 2.19. The van der Waals surface area contributed by atoms with E-state index in [9.17, 15) is 0 Å². The molecule has 0 radical (unpaired) electrons. The Morgan fingerprint density at radius 3 is 2.00 bits per heavy atom. The average Bonchev–Trinajstić information content (AvgIpc) is 2.05. The highest BCUT2D eigenvalue weighted by atomic mass is 16.3. The second kappa shape index (κ2) is 3.91. The van der Waals surface area contributed by atoms with Crippen molar-refractivity contribution < 1.29 is 10.2 Å². The minimum Gasteiger partial charge on any atom is -0.396 e. The zero-order chi connectivity index (χ0) is 7.40. The van der Waals surface area contributed by atoms with Gasteiger partial charge in [0.25, 0.3) is 0 Å². The lowest BCUT2D eigenvalue weighted by molar-refractivity contribution is 0.132. The first-order valence-electron chi connectivity index (χ1n) is 3.79. The van der Waals surface area contributed by atoms with Crippen molar-refractivity contribution >= 4 is 0 Å². The van der Waals surface area contributed by atoms with E-state index in [2.05, 4.69) is 5.32 Å². The third kappa shape index (κ3) is 1.94. The Balaban J connectivity index is 2.25. The van der Waals surface area contributed by atoms with Gasteiger partial charge in [-0.15, -0.1) is 0 Å². The summed E-state index contributed by atoms with van der Waals surface area (Å²) < 4.78 is 0. The maximum atomic E-state index is 8.78. The Labute approximate surface area is 61.1 Å². The number of aliphatic hydroxyl groups is 2. The van der Waals surface area contributed by atoms with Crippen LogP contribution in [0.15, 0.2) is 0 Å². The number of rotatable bonds is 2. The Kier molecular flexibility index (Phi) is 3.12. The predicted molar refractivity (Wildman–Crippen MR) is 38.6 cm³/mol. The largest absolute Gasteiger partial charge is 0.396 e. The van der Waals surface area contributed by atoms with Crippen LogP contribution in [0.25, 0.3) is 0 Å². The molecule has 3 nitrogen and oxygen atoms in total. The molecule has 3 heteroatoms. The van der Waals surface area contributed by atoms with Gasteiger partial charge in [-0.25, -0.2) is 0 Å². The standard InChI is InChI=1S/C7H15NO2/c9-4-6-1-7(5-10)3-8-2-6/h6-10H,1-5H2. The van der Waals surface area contributed by atoms with Gasteiger partial charge in [0.2, 0.25) is 0 Å². The molecular weight excluding hydrogens is 130 g/mol. The Morgan fingerprint density at radius 2 is 1.60 bits per heavy atom. The molecule has 0 aromatic rings. The molecule has 0 aromatic heterocycles. The third-order valence-electron chi connectivity index (χ3n) is 2.05. The van der Waals surface area contributed by atoms with Gasteiger partial charge in [-0.2, -0.15) is 0 Å². The molecule has 0 spiro atoms. The quantitative estimate of drug-likeness (QED) is 0.476. The van der Waals surface area contributed by atoms with Gasteiger partial charge in [0.1, 0.15) is 0 Å². The van der Waals surface area contributed by atoms with Crippen molar-refractivity contribution in [2.75, 3.05) is 26.3 Å². The van der Waals surface area contributed by atoms with Crippen molar-refractivity contribution in [2.45, 2.75) is 6.42 Å². The lowest BCUT2D eigenvalue weighted by atomic mass is 9.92. The Bertz CT molecular complexity index is 87.6. The van der Waals surface area contributed by atoms with E-state index in [-0.39, 0.29) is 13.2 Å². The number of hydrogen-bond donors (Lipinski definition) is 3. The van der Waals surface area contributed by atoms with E-state index >= 15 is 0 Å². The molecule has 2 atom stereocenters. The fourth-order valence-corrected chi connectivity index (χ4v) is 1.41. The van der Waals surface area contributed by atoms with Crippen LogP contribution in [-0.2, 0) is 0 Å². The van der Waals surface area contributed by atoms with E-state index in [1.54, 1.807) is 0 Å². The molecule has 3 N–H and O–H groups in total. The third-order valence-corrected chi connectivity index (χ3v) is 2.05. The molecule has 0 amide bonds. The second-order valence-corrected chi connectivity index (χ2v) is 2.99. The maximum absolute atomic E-state index is 8.78. The van der Waals surface area contributed by atoms with Crippen LogP contribution in [-0.4, -0.2) is 36.5 Å². The molecule has 60 valence electrons. The molecule has 1 aliphatic heterocycles. The van der Waals surface area contributed by atoms with Crippen LogP contribution in [0, 0.1) is 11.8 Å². The van der Waals surface area contributed by atoms with Crippen molar-refractivity contribution in [2.24, 2.45) is 11.8 Å². The molecule has 1 rings (SSSR count). The molecule has 0 saturated carbocycles. The average molecular weight is 145 g/mol. The van der Waals surface area contributed by atoms with E-state index in [1.807, 2.05) is 0 Å². The van der Waals surface area contributed by atoms with Crippen LogP contribution in [0.3, 0.4) is 0 Å². The summed E-state index contributed by atoms with van der Waals surface area (Å²) in [5.41, 5.74) is 0. The summed E-state index contributed by atoms with van der Waals surface area (Å²) in [5, 5.41) is 20.7. The first-order chi connectivity index (χ1) is 4.86. The molecule has 0 bridgehead atoms. The monoisotopic (exact) mass is 145 g/mol. The zero-order valence-electron chi connectivity index (χ0n) is 6.08. The molecule has 10 heavy (non-hydrogen) atoms. The van der Waals surface area contributed by atoms with Crippen molar-refractivity contribution in [3.05, 3.63) is 0 Å². The number of hydrogen-bond acceptors (Lipinski definition) is 3. The van der Waals surface area contributed by atoms with Crippen LogP contribution < -0.4 is 5.32 Å². The van der Waals surface area contributed by atoms with Gasteiger partial charge < -0.3 is 15.5 Å². The molecule has 0 aromatic carbocycles. The van der Waals surface area contributed by atoms with Crippen molar-refractivity contribution in [1.29, 1.82) is 0 Å². The summed E-state index contributed by atoms with van der Waals surface area (Å²) in [6.45, 7) is 2.27. The first-order valence-corrected chi connectivity index (χ1v) is 3.79. The molecular formula is C7H15NO2. The number of aliphatic hydroxyl groups excluding tert-OH is 2. The van der Waals surface area contributed by atoms with Gasteiger partial charge >= 0.3 is 0 Å². The smallest absolute Gasteiger partial charge is 0.0471 e. The summed E-state index contributed by atoms with van der Waals surface area (Å²) in [6.07, 6.45) is 0.958. The van der Waals surface area contributed by atoms with Crippen molar-refractivity contribution in [3.63, 3.8) is 0 Å². The second-order valence-electron chi connectivity index (χ2n) is 2.99. The van der Waals surface area contributed by atoms with E-state index in [0.29, 0.717) is 11.8 Å². The molecule has 2 unspecified atom stereocenters. The normalized spacial score (nSPS) is 34.2. The van der Waals surface area contributed by atoms with Crippen LogP contribution in [0.1, 0.15) is 6.42 Å². The van der Waals surface area contributed by atoms with Gasteiger partial charge in [0.05, 0.1) is 0 Å². The maximum Gasteiger partial charge on any atom is 0.0471 e. The molecule has 1 heterocycles. The van der Waals surface area contributed by atoms with Crippen molar-refractivity contribution in [3.8, 4) is 0 Å². The van der Waals surface area contributed by atoms with Gasteiger partial charge in [-0.3, -0.25) is 0 Å². The Hall–Kier alpha value is -0.120. The van der Waals surface area contributed by atoms with Gasteiger partial charge in [0, 0.05) is 26.3 Å². The number of piperidine rings is 1. The highest BCUT2D eigenvalue weighted by molar-refractivity contribution is 4.74. The zero-order valence-corrected chi connectivity index (χ0v) is 6.08. The molecule has 1 aliphatic rings. The minimum atomic E-state index is 0.240. The summed E-state index contributed by atoms with van der Waals surface area (Å²) in [4.78, 5) is 0. The van der Waals surface area contributed by atoms with Crippen LogP contribution in [0.4, 0.5) is 0 Å². The van der Waals surface area contributed by atoms with Gasteiger partial charge in [0.15, 0.2) is 0 Å². The summed E-state index contributed by atoms with van der Waals surface area (Å²) >= 11 is 0. The van der Waals surface area contributed by atoms with E-state index in [4.69, 9.17) is 10.2 Å². The van der Waals surface area contributed by atoms with Crippen LogP contribution in [0.2, 0.25) is 0 Å². The molecule has 0 aliphatic carbocycles. The SMILES string of the molecule is OCC1CNCC(CO)C1. The van der Waals surface area contributed by atoms with E-state index in [1.165, 1.54) is 0 Å². The predicted octanol–water partition coefficient (Wildman–Crippen LogP) is -0.803. The van der Waals surface area contributed by atoms with Crippen LogP contribution >= 0.6 is 0 Å². The van der Waals surface area contributed by atoms with Crippen molar-refractivity contribution in [1.82, 2.24) is 5.32 Å². The van der Waals surface area contributed by atoms with Gasteiger partial charge in [-0.1, -0.05) is 0 Å². The number of nitrogens with one attached hydrogen (secondary N) is 1. The first kappa shape index (κ1) is 7.98. The van der Waals surface area contributed by atoms with E-state index in [0.717, 1.165) is 19.5 Å². The van der Waals surface area contributed by atoms with Gasteiger partial charge in [-0.05, 0) is 18.3 Å². The fraction of sp³-hybridized carbons (Fsp3) is 1.00. The Morgan fingerprint density at radius 1 is 1.10 bits per heavy atom. The molecule has 1 fully saturated rings. The minimum absolute atomic E-state index is 0.240. The van der Waals surface area contributed by atoms with E-state index < -0.39 is 0 Å². The fourth-order valence-electron chi connectivity index (χ4n) is 1.41. The summed E-state index contributed by atoms with van der Waals surface area (Å²) in [5.74, 6) is 0.705. The summed E-state index contributed by atoms with van der Waals surface area (Å²) in [6, 6.07) is 0. The highest BCUT2D eigenvalue weighted by Crippen LogP contribution is 2.14. The summed E-state index contributed by atoms with van der Waals surface area (Å²) in [7, 11) is 0. The van der Waals surface area contributed by atoms with Crippen LogP contribution in [0.5, 0.6) is 0 Å².